The number of likely N-dealkylation sites (tertiary alicyclic amines) is 1. The van der Waals surface area contributed by atoms with Gasteiger partial charge in [-0.1, -0.05) is 56.5 Å². The van der Waals surface area contributed by atoms with Crippen LogP contribution in [-0.2, 0) is 19.1 Å². The van der Waals surface area contributed by atoms with E-state index in [1.54, 1.807) is 22.0 Å². The Morgan fingerprint density at radius 1 is 1.10 bits per heavy atom. The van der Waals surface area contributed by atoms with Gasteiger partial charge in [-0.05, 0) is 50.7 Å². The summed E-state index contributed by atoms with van der Waals surface area (Å²) < 4.78 is 6.94. The maximum absolute atomic E-state index is 14.7. The average molecular weight is 564 g/mol. The number of amides is 3. The third-order valence-corrected chi connectivity index (χ3v) is 10.1. The van der Waals surface area contributed by atoms with Gasteiger partial charge in [-0.15, -0.1) is 13.2 Å². The van der Waals surface area contributed by atoms with Gasteiger partial charge in [-0.25, -0.2) is 0 Å². The molecule has 2 bridgehead atoms. The molecule has 1 saturated carbocycles. The van der Waals surface area contributed by atoms with Gasteiger partial charge in [0, 0.05) is 38.0 Å². The molecule has 0 aromatic heterocycles. The molecule has 8 nitrogen and oxygen atoms in total. The highest BCUT2D eigenvalue weighted by atomic mass is 16.5. The van der Waals surface area contributed by atoms with E-state index >= 15 is 0 Å². The van der Waals surface area contributed by atoms with Crippen LogP contribution in [0.3, 0.4) is 0 Å². The molecule has 3 saturated heterocycles. The van der Waals surface area contributed by atoms with Crippen molar-refractivity contribution < 1.29 is 24.2 Å². The molecule has 3 aliphatic heterocycles. The summed E-state index contributed by atoms with van der Waals surface area (Å²) in [4.78, 5) is 48.8. The fraction of sp³-hybridized carbons (Fsp3) is 0.606. The molecule has 1 aromatic rings. The first-order valence-corrected chi connectivity index (χ1v) is 15.2. The lowest BCUT2D eigenvalue weighted by Gasteiger charge is -2.41. The van der Waals surface area contributed by atoms with Crippen molar-refractivity contribution in [3.8, 4) is 0 Å². The van der Waals surface area contributed by atoms with Gasteiger partial charge in [-0.2, -0.15) is 0 Å². The second kappa shape index (κ2) is 11.7. The molecule has 6 atom stereocenters. The monoisotopic (exact) mass is 563 g/mol. The number of carbonyl (C=O) groups is 3. The van der Waals surface area contributed by atoms with Crippen molar-refractivity contribution in [1.82, 2.24) is 9.80 Å². The van der Waals surface area contributed by atoms with Gasteiger partial charge in [0.1, 0.15) is 11.6 Å². The number of benzene rings is 1. The van der Waals surface area contributed by atoms with Crippen LogP contribution >= 0.6 is 0 Å². The molecule has 222 valence electrons. The van der Waals surface area contributed by atoms with Crippen molar-refractivity contribution in [3.05, 3.63) is 55.6 Å². The van der Waals surface area contributed by atoms with E-state index < -0.39 is 29.1 Å². The molecule has 4 fully saturated rings. The van der Waals surface area contributed by atoms with Crippen LogP contribution in [-0.4, -0.2) is 82.2 Å². The second-order valence-corrected chi connectivity index (χ2v) is 12.5. The number of anilines is 1. The number of para-hydroxylation sites is 1. The van der Waals surface area contributed by atoms with Gasteiger partial charge in [0.2, 0.25) is 17.7 Å². The normalized spacial score (nSPS) is 32.6. The summed E-state index contributed by atoms with van der Waals surface area (Å²) in [5.74, 6) is -2.11. The molecule has 1 N–H and O–H groups in total. The Balaban J connectivity index is 1.58. The highest BCUT2D eigenvalue weighted by Gasteiger charge is 2.80. The summed E-state index contributed by atoms with van der Waals surface area (Å²) in [5.41, 5.74) is -1.28. The lowest BCUT2D eigenvalue weighted by atomic mass is 9.62. The lowest BCUT2D eigenvalue weighted by molar-refractivity contribution is -0.154. The molecule has 3 heterocycles. The summed E-state index contributed by atoms with van der Waals surface area (Å²) in [6, 6.07) is 8.66. The number of ether oxygens (including phenoxy) is 1. The minimum atomic E-state index is -1.11. The van der Waals surface area contributed by atoms with Crippen molar-refractivity contribution in [3.63, 3.8) is 0 Å². The summed E-state index contributed by atoms with van der Waals surface area (Å²) in [5, 5.41) is 9.70. The molecule has 1 aliphatic carbocycles. The minimum absolute atomic E-state index is 0.0440. The minimum Gasteiger partial charge on any atom is -0.396 e. The first-order valence-electron chi connectivity index (χ1n) is 15.2. The van der Waals surface area contributed by atoms with E-state index in [0.717, 1.165) is 37.8 Å². The molecule has 5 rings (SSSR count). The Bertz CT molecular complexity index is 1170. The van der Waals surface area contributed by atoms with E-state index in [-0.39, 0.29) is 42.8 Å². The average Bonchev–Trinajstić information content (AvgIpc) is 3.50. The van der Waals surface area contributed by atoms with E-state index in [0.29, 0.717) is 25.9 Å². The zero-order chi connectivity index (χ0) is 29.4. The van der Waals surface area contributed by atoms with Crippen LogP contribution in [0.15, 0.2) is 55.6 Å². The second-order valence-electron chi connectivity index (χ2n) is 12.5. The first kappa shape index (κ1) is 29.5. The summed E-state index contributed by atoms with van der Waals surface area (Å²) in [6.45, 7) is 12.6. The topological polar surface area (TPSA) is 90.4 Å². The smallest absolute Gasteiger partial charge is 0.248 e. The summed E-state index contributed by atoms with van der Waals surface area (Å²) >= 11 is 0. The molecule has 1 spiro atoms. The summed E-state index contributed by atoms with van der Waals surface area (Å²) in [6.07, 6.45) is 9.47. The van der Waals surface area contributed by atoms with Crippen LogP contribution in [0.2, 0.25) is 0 Å². The van der Waals surface area contributed by atoms with Crippen LogP contribution in [0.5, 0.6) is 0 Å². The highest BCUT2D eigenvalue weighted by Crippen LogP contribution is 2.65. The highest BCUT2D eigenvalue weighted by molar-refractivity contribution is 6.03. The molecule has 4 aliphatic rings. The largest absolute Gasteiger partial charge is 0.396 e. The predicted octanol–water partition coefficient (Wildman–Crippen LogP) is 3.95. The number of rotatable bonds is 11. The van der Waals surface area contributed by atoms with E-state index in [4.69, 9.17) is 4.74 Å². The molecular weight excluding hydrogens is 518 g/mol. The maximum atomic E-state index is 14.7. The number of aliphatic hydroxyl groups is 1. The van der Waals surface area contributed by atoms with Gasteiger partial charge in [0.05, 0.1) is 17.4 Å². The SMILES string of the molecule is C=CCN(C(=O)[C@@H]1[C@H]2C(=O)N(CCCO)C(C(=O)N(CC=C)C3CCCCC3)C23CC(C)[C@@]1(C)O3)c1ccccc1. The molecule has 0 radical (unpaired) electrons. The van der Waals surface area contributed by atoms with Crippen LogP contribution in [0.4, 0.5) is 5.69 Å². The Morgan fingerprint density at radius 3 is 2.41 bits per heavy atom. The van der Waals surface area contributed by atoms with Gasteiger partial charge < -0.3 is 24.5 Å². The molecule has 3 unspecified atom stereocenters. The molecule has 3 amide bonds. The van der Waals surface area contributed by atoms with Crippen molar-refractivity contribution in [2.45, 2.75) is 82.1 Å². The number of aliphatic hydroxyl groups excluding tert-OH is 1. The molecule has 1 aromatic carbocycles. The zero-order valence-electron chi connectivity index (χ0n) is 24.5. The van der Waals surface area contributed by atoms with Crippen LogP contribution in [0.1, 0.15) is 58.8 Å². The number of hydrogen-bond acceptors (Lipinski definition) is 5. The Hall–Kier alpha value is -2.97. The molecule has 41 heavy (non-hydrogen) atoms. The van der Waals surface area contributed by atoms with Gasteiger partial charge in [0.25, 0.3) is 0 Å². The fourth-order valence-electron chi connectivity index (χ4n) is 8.21. The van der Waals surface area contributed by atoms with Crippen molar-refractivity contribution >= 4 is 23.4 Å². The van der Waals surface area contributed by atoms with Crippen molar-refractivity contribution in [2.75, 3.05) is 31.1 Å². The Kier molecular flexibility index (Phi) is 8.44. The Morgan fingerprint density at radius 2 is 1.78 bits per heavy atom. The Labute approximate surface area is 244 Å². The van der Waals surface area contributed by atoms with E-state index in [1.165, 1.54) is 0 Å². The number of nitrogens with zero attached hydrogens (tertiary/aromatic N) is 3. The molecular formula is C33H45N3O5. The standard InChI is InChI=1S/C33H45N3O5/c1-5-18-34(24-14-9-7-10-15-24)29(38)26-27-30(39)36(20-13-21-37)28(33(27)22-23(3)32(26,4)41-33)31(40)35(19-6-2)25-16-11-8-12-17-25/h5-7,9-10,14-15,23,25-28,37H,1-2,8,11-13,16-22H2,3-4H3/t23?,26-,27-,28?,32+,33?/m0/s1. The van der Waals surface area contributed by atoms with Crippen LogP contribution in [0, 0.1) is 17.8 Å². The number of hydrogen-bond donors (Lipinski definition) is 1. The zero-order valence-corrected chi connectivity index (χ0v) is 24.5. The van der Waals surface area contributed by atoms with E-state index in [1.807, 2.05) is 42.2 Å². The first-order chi connectivity index (χ1) is 19.7. The van der Waals surface area contributed by atoms with E-state index in [2.05, 4.69) is 20.1 Å². The third-order valence-electron chi connectivity index (χ3n) is 10.1. The van der Waals surface area contributed by atoms with Gasteiger partial charge >= 0.3 is 0 Å². The predicted molar refractivity (Wildman–Crippen MR) is 158 cm³/mol. The lowest BCUT2D eigenvalue weighted by Crippen LogP contribution is -2.58. The third kappa shape index (κ3) is 4.73. The van der Waals surface area contributed by atoms with E-state index in [9.17, 15) is 19.5 Å². The van der Waals surface area contributed by atoms with Gasteiger partial charge in [-0.3, -0.25) is 14.4 Å². The van der Waals surface area contributed by atoms with Crippen molar-refractivity contribution in [2.24, 2.45) is 17.8 Å². The van der Waals surface area contributed by atoms with Crippen molar-refractivity contribution in [1.29, 1.82) is 0 Å². The van der Waals surface area contributed by atoms with Crippen LogP contribution in [0.25, 0.3) is 0 Å². The van der Waals surface area contributed by atoms with Crippen LogP contribution < -0.4 is 4.90 Å². The number of carbonyl (C=O) groups excluding carboxylic acids is 3. The maximum Gasteiger partial charge on any atom is 0.248 e. The quantitative estimate of drug-likeness (QED) is 0.412. The fourth-order valence-corrected chi connectivity index (χ4v) is 8.21. The van der Waals surface area contributed by atoms with Gasteiger partial charge in [0.15, 0.2) is 0 Å². The number of fused-ring (bicyclic) bond motifs is 1. The summed E-state index contributed by atoms with van der Waals surface area (Å²) in [7, 11) is 0. The molecule has 8 heteroatoms.